The van der Waals surface area contributed by atoms with Gasteiger partial charge in [0.25, 0.3) is 0 Å². The number of nitrogens with zero attached hydrogens (tertiary/aromatic N) is 1. The van der Waals surface area contributed by atoms with Gasteiger partial charge in [0.15, 0.2) is 0 Å². The average Bonchev–Trinajstić information content (AvgIpc) is 2.49. The summed E-state index contributed by atoms with van der Waals surface area (Å²) < 4.78 is 5.70. The molecule has 1 aliphatic heterocycles. The molecule has 0 spiro atoms. The van der Waals surface area contributed by atoms with Crippen LogP contribution in [0.4, 0.5) is 0 Å². The molecule has 0 saturated carbocycles. The fraction of sp³-hybridized carbons (Fsp3) is 0.667. The molecule has 21 heavy (non-hydrogen) atoms. The molecule has 0 amide bonds. The van der Waals surface area contributed by atoms with E-state index in [1.807, 2.05) is 12.1 Å². The van der Waals surface area contributed by atoms with E-state index in [0.29, 0.717) is 25.2 Å². The molecule has 3 nitrogen and oxygen atoms in total. The molecule has 118 valence electrons. The summed E-state index contributed by atoms with van der Waals surface area (Å²) in [6.07, 6.45) is 4.37. The van der Waals surface area contributed by atoms with Crippen LogP contribution in [0.2, 0.25) is 0 Å². The van der Waals surface area contributed by atoms with Gasteiger partial charge in [-0.3, -0.25) is 4.90 Å². The van der Waals surface area contributed by atoms with Gasteiger partial charge in [0, 0.05) is 18.6 Å². The van der Waals surface area contributed by atoms with E-state index in [2.05, 4.69) is 37.8 Å². The van der Waals surface area contributed by atoms with Crippen LogP contribution in [0.1, 0.15) is 45.6 Å². The summed E-state index contributed by atoms with van der Waals surface area (Å²) >= 11 is 0. The van der Waals surface area contributed by atoms with Crippen molar-refractivity contribution in [3.8, 4) is 5.75 Å². The van der Waals surface area contributed by atoms with E-state index in [1.165, 1.54) is 24.8 Å². The Morgan fingerprint density at radius 3 is 2.38 bits per heavy atom. The molecule has 1 saturated heterocycles. The van der Waals surface area contributed by atoms with Crippen molar-refractivity contribution >= 4 is 0 Å². The van der Waals surface area contributed by atoms with Crippen LogP contribution < -0.4 is 4.74 Å². The number of β-amino-alcohol motifs (C(OH)–C–C–N with tert-alkyl or cyclic N) is 1. The van der Waals surface area contributed by atoms with Crippen molar-refractivity contribution in [1.29, 1.82) is 0 Å². The molecule has 0 aromatic heterocycles. The van der Waals surface area contributed by atoms with Crippen LogP contribution >= 0.6 is 0 Å². The summed E-state index contributed by atoms with van der Waals surface area (Å²) in [4.78, 5) is 2.41. The van der Waals surface area contributed by atoms with Gasteiger partial charge < -0.3 is 9.84 Å². The lowest BCUT2D eigenvalue weighted by Gasteiger charge is -2.40. The standard InChI is InChI=1S/C18H29NO2/c1-4-16-8-10-18(11-9-16)21-13-17(20)12-19-14(2)6-5-7-15(19)3/h8-11,14-15,17,20H,4-7,12-13H2,1-3H3/t14-,15-,17+/m0/s1. The molecule has 0 unspecified atom stereocenters. The van der Waals surface area contributed by atoms with Crippen LogP contribution in [-0.2, 0) is 6.42 Å². The van der Waals surface area contributed by atoms with Gasteiger partial charge in [-0.15, -0.1) is 0 Å². The summed E-state index contributed by atoms with van der Waals surface area (Å²) in [7, 11) is 0. The number of aryl methyl sites for hydroxylation is 1. The van der Waals surface area contributed by atoms with Crippen LogP contribution in [0.15, 0.2) is 24.3 Å². The van der Waals surface area contributed by atoms with Gasteiger partial charge in [-0.25, -0.2) is 0 Å². The van der Waals surface area contributed by atoms with Gasteiger partial charge in [-0.1, -0.05) is 25.5 Å². The molecule has 1 aromatic rings. The fourth-order valence-corrected chi connectivity index (χ4v) is 3.14. The zero-order valence-electron chi connectivity index (χ0n) is 13.6. The monoisotopic (exact) mass is 291 g/mol. The highest BCUT2D eigenvalue weighted by Crippen LogP contribution is 2.22. The molecule has 3 atom stereocenters. The van der Waals surface area contributed by atoms with Gasteiger partial charge in [0.2, 0.25) is 0 Å². The maximum Gasteiger partial charge on any atom is 0.119 e. The lowest BCUT2D eigenvalue weighted by atomic mass is 9.97. The third-order valence-corrected chi connectivity index (χ3v) is 4.57. The van der Waals surface area contributed by atoms with Gasteiger partial charge in [-0.05, 0) is 50.8 Å². The Bertz CT molecular complexity index is 408. The quantitative estimate of drug-likeness (QED) is 0.873. The minimum absolute atomic E-state index is 0.363. The number of rotatable bonds is 6. The van der Waals surface area contributed by atoms with E-state index in [4.69, 9.17) is 4.74 Å². The van der Waals surface area contributed by atoms with E-state index >= 15 is 0 Å². The second kappa shape index (κ2) is 7.81. The molecule has 2 rings (SSSR count). The molecule has 1 aromatic carbocycles. The first-order chi connectivity index (χ1) is 10.1. The van der Waals surface area contributed by atoms with Crippen LogP contribution in [-0.4, -0.2) is 41.3 Å². The number of hydrogen-bond donors (Lipinski definition) is 1. The van der Waals surface area contributed by atoms with Crippen molar-refractivity contribution in [3.63, 3.8) is 0 Å². The molecule has 1 aliphatic rings. The van der Waals surface area contributed by atoms with Gasteiger partial charge in [0.05, 0.1) is 0 Å². The average molecular weight is 291 g/mol. The van der Waals surface area contributed by atoms with Crippen molar-refractivity contribution < 1.29 is 9.84 Å². The van der Waals surface area contributed by atoms with Crippen molar-refractivity contribution in [2.75, 3.05) is 13.2 Å². The van der Waals surface area contributed by atoms with Crippen molar-refractivity contribution in [1.82, 2.24) is 4.90 Å². The molecular formula is C18H29NO2. The van der Waals surface area contributed by atoms with Gasteiger partial charge in [-0.2, -0.15) is 0 Å². The smallest absolute Gasteiger partial charge is 0.119 e. The summed E-state index contributed by atoms with van der Waals surface area (Å²) in [5.74, 6) is 0.839. The number of hydrogen-bond acceptors (Lipinski definition) is 3. The number of ether oxygens (including phenoxy) is 1. The number of benzene rings is 1. The SMILES string of the molecule is CCc1ccc(OC[C@H](O)CN2[C@@H](C)CCC[C@@H]2C)cc1. The van der Waals surface area contributed by atoms with E-state index in [9.17, 15) is 5.11 Å². The van der Waals surface area contributed by atoms with Gasteiger partial charge >= 0.3 is 0 Å². The zero-order valence-corrected chi connectivity index (χ0v) is 13.6. The van der Waals surface area contributed by atoms with Crippen LogP contribution in [0, 0.1) is 0 Å². The first-order valence-electron chi connectivity index (χ1n) is 8.25. The van der Waals surface area contributed by atoms with Crippen LogP contribution in [0.25, 0.3) is 0 Å². The summed E-state index contributed by atoms with van der Waals surface area (Å²) in [6, 6.07) is 9.25. The molecule has 1 heterocycles. The first-order valence-corrected chi connectivity index (χ1v) is 8.25. The van der Waals surface area contributed by atoms with Crippen molar-refractivity contribution in [3.05, 3.63) is 29.8 Å². The third-order valence-electron chi connectivity index (χ3n) is 4.57. The molecular weight excluding hydrogens is 262 g/mol. The molecule has 0 bridgehead atoms. The van der Waals surface area contributed by atoms with Crippen LogP contribution in [0.3, 0.4) is 0 Å². The van der Waals surface area contributed by atoms with Gasteiger partial charge in [0.1, 0.15) is 18.5 Å². The highest BCUT2D eigenvalue weighted by Gasteiger charge is 2.26. The molecule has 1 N–H and O–H groups in total. The molecule has 0 aliphatic carbocycles. The predicted molar refractivity (Wildman–Crippen MR) is 86.8 cm³/mol. The Kier molecular flexibility index (Phi) is 6.07. The Balaban J connectivity index is 1.79. The van der Waals surface area contributed by atoms with E-state index < -0.39 is 6.10 Å². The fourth-order valence-electron chi connectivity index (χ4n) is 3.14. The highest BCUT2D eigenvalue weighted by atomic mass is 16.5. The highest BCUT2D eigenvalue weighted by molar-refractivity contribution is 5.27. The lowest BCUT2D eigenvalue weighted by molar-refractivity contribution is 0.0209. The third kappa shape index (κ3) is 4.72. The minimum Gasteiger partial charge on any atom is -0.491 e. The zero-order chi connectivity index (χ0) is 15.2. The number of aliphatic hydroxyl groups excluding tert-OH is 1. The summed E-state index contributed by atoms with van der Waals surface area (Å²) in [5.41, 5.74) is 1.30. The molecule has 0 radical (unpaired) electrons. The summed E-state index contributed by atoms with van der Waals surface area (Å²) in [5, 5.41) is 10.2. The Labute approximate surface area is 128 Å². The second-order valence-electron chi connectivity index (χ2n) is 6.29. The first kappa shape index (κ1) is 16.3. The normalized spacial score (nSPS) is 24.8. The maximum absolute atomic E-state index is 10.2. The van der Waals surface area contributed by atoms with Crippen LogP contribution in [0.5, 0.6) is 5.75 Å². The van der Waals surface area contributed by atoms with E-state index in [0.717, 1.165) is 12.2 Å². The number of piperidine rings is 1. The Hall–Kier alpha value is -1.06. The predicted octanol–water partition coefficient (Wildman–Crippen LogP) is 3.25. The number of likely N-dealkylation sites (tertiary alicyclic amines) is 1. The number of aliphatic hydroxyl groups is 1. The minimum atomic E-state index is -0.432. The molecule has 3 heteroatoms. The molecule has 1 fully saturated rings. The topological polar surface area (TPSA) is 32.7 Å². The maximum atomic E-state index is 10.2. The Morgan fingerprint density at radius 1 is 1.19 bits per heavy atom. The van der Waals surface area contributed by atoms with Crippen molar-refractivity contribution in [2.45, 2.75) is 64.6 Å². The summed E-state index contributed by atoms with van der Waals surface area (Å²) in [6.45, 7) is 7.72. The van der Waals surface area contributed by atoms with Crippen molar-refractivity contribution in [2.24, 2.45) is 0 Å². The van der Waals surface area contributed by atoms with E-state index in [1.54, 1.807) is 0 Å². The largest absolute Gasteiger partial charge is 0.491 e. The second-order valence-corrected chi connectivity index (χ2v) is 6.29. The Morgan fingerprint density at radius 2 is 1.81 bits per heavy atom. The lowest BCUT2D eigenvalue weighted by Crippen LogP contribution is -2.48. The van der Waals surface area contributed by atoms with E-state index in [-0.39, 0.29) is 0 Å².